The van der Waals surface area contributed by atoms with Crippen molar-refractivity contribution in [1.82, 2.24) is 14.5 Å². The monoisotopic (exact) mass is 422 g/mol. The van der Waals surface area contributed by atoms with E-state index in [0.717, 1.165) is 11.3 Å². The Hall–Kier alpha value is -2.81. The number of aliphatic hydroxyl groups is 1. The molecule has 154 valence electrons. The van der Waals surface area contributed by atoms with E-state index in [9.17, 15) is 14.7 Å². The first-order chi connectivity index (χ1) is 14.6. The maximum Gasteiger partial charge on any atom is 0.258 e. The molecule has 2 bridgehead atoms. The third-order valence-corrected chi connectivity index (χ3v) is 7.09. The lowest BCUT2D eigenvalue weighted by Crippen LogP contribution is -2.44. The zero-order chi connectivity index (χ0) is 20.8. The molecule has 1 amide bonds. The lowest BCUT2D eigenvalue weighted by atomic mass is 9.86. The molecule has 0 aliphatic carbocycles. The summed E-state index contributed by atoms with van der Waals surface area (Å²) < 4.78 is 1.79. The smallest absolute Gasteiger partial charge is 0.258 e. The van der Waals surface area contributed by atoms with E-state index >= 15 is 0 Å². The van der Waals surface area contributed by atoms with E-state index in [1.165, 1.54) is 11.3 Å². The van der Waals surface area contributed by atoms with Crippen LogP contribution in [0.15, 0.2) is 58.8 Å². The fourth-order valence-corrected chi connectivity index (χ4v) is 5.53. The van der Waals surface area contributed by atoms with Crippen molar-refractivity contribution >= 4 is 22.4 Å². The highest BCUT2D eigenvalue weighted by molar-refractivity contribution is 7.13. The highest BCUT2D eigenvalue weighted by Crippen LogP contribution is 2.47. The maximum absolute atomic E-state index is 13.3. The molecule has 1 aromatic carbocycles. The van der Waals surface area contributed by atoms with E-state index in [2.05, 4.69) is 15.2 Å². The Morgan fingerprint density at radius 1 is 1.27 bits per heavy atom. The molecular formula is C22H22N4O3S. The molecule has 4 heterocycles. The number of anilines is 1. The number of aromatic nitrogens is 2. The SMILES string of the molecule is CN1[C@@H]2c3ccc(-c4ccccc4)c(=O)n3C[C@H]1[C@H](CO)[C@H]2C(=O)Nc1nccs1. The second-order valence-electron chi connectivity index (χ2n) is 7.83. The number of fused-ring (bicyclic) bond motifs is 4. The Bertz CT molecular complexity index is 1130. The molecule has 0 radical (unpaired) electrons. The molecule has 3 aromatic rings. The summed E-state index contributed by atoms with van der Waals surface area (Å²) >= 11 is 1.36. The quantitative estimate of drug-likeness (QED) is 0.673. The highest BCUT2D eigenvalue weighted by Gasteiger charge is 2.54. The van der Waals surface area contributed by atoms with Gasteiger partial charge in [-0.3, -0.25) is 14.5 Å². The van der Waals surface area contributed by atoms with Crippen LogP contribution in [0.3, 0.4) is 0 Å². The number of likely N-dealkylation sites (N-methyl/N-ethyl adjacent to an activating group) is 1. The molecule has 1 saturated heterocycles. The Morgan fingerprint density at radius 2 is 2.07 bits per heavy atom. The summed E-state index contributed by atoms with van der Waals surface area (Å²) in [6, 6.07) is 13.0. The summed E-state index contributed by atoms with van der Waals surface area (Å²) in [5, 5.41) is 15.4. The number of hydrogen-bond donors (Lipinski definition) is 2. The number of rotatable bonds is 4. The Balaban J connectivity index is 1.57. The summed E-state index contributed by atoms with van der Waals surface area (Å²) in [6.45, 7) is 0.337. The predicted octanol–water partition coefficient (Wildman–Crippen LogP) is 2.20. The molecule has 2 aromatic heterocycles. The van der Waals surface area contributed by atoms with E-state index in [1.54, 1.807) is 16.1 Å². The highest BCUT2D eigenvalue weighted by atomic mass is 32.1. The average molecular weight is 423 g/mol. The van der Waals surface area contributed by atoms with Gasteiger partial charge in [0.25, 0.3) is 5.56 Å². The van der Waals surface area contributed by atoms with E-state index < -0.39 is 5.92 Å². The summed E-state index contributed by atoms with van der Waals surface area (Å²) in [6.07, 6.45) is 1.64. The molecule has 1 fully saturated rings. The molecule has 30 heavy (non-hydrogen) atoms. The minimum Gasteiger partial charge on any atom is -0.396 e. The van der Waals surface area contributed by atoms with Crippen LogP contribution in [-0.2, 0) is 11.3 Å². The Labute approximate surface area is 177 Å². The van der Waals surface area contributed by atoms with E-state index in [1.807, 2.05) is 49.5 Å². The molecule has 2 N–H and O–H groups in total. The number of carbonyl (C=O) groups excluding carboxylic acids is 1. The van der Waals surface area contributed by atoms with Gasteiger partial charge in [0.2, 0.25) is 5.91 Å². The number of benzene rings is 1. The zero-order valence-corrected chi connectivity index (χ0v) is 17.2. The van der Waals surface area contributed by atoms with Gasteiger partial charge in [-0.2, -0.15) is 0 Å². The van der Waals surface area contributed by atoms with Crippen LogP contribution < -0.4 is 10.9 Å². The Kier molecular flexibility index (Phi) is 4.77. The van der Waals surface area contributed by atoms with Crippen LogP contribution in [0.5, 0.6) is 0 Å². The number of aliphatic hydroxyl groups excluding tert-OH is 1. The summed E-state index contributed by atoms with van der Waals surface area (Å²) in [4.78, 5) is 32.8. The number of nitrogens with zero attached hydrogens (tertiary/aromatic N) is 3. The standard InChI is InChI=1S/C22H22N4O3S/c1-25-17-11-26-16(8-7-14(21(26)29)13-5-3-2-4-6-13)19(25)18(15(17)12-27)20(28)24-22-23-9-10-30-22/h2-10,15,17-19,27H,11-12H2,1H3,(H,23,24,28)/t15-,17-,18+,19+/m0/s1. The number of nitrogens with one attached hydrogen (secondary N) is 1. The van der Waals surface area contributed by atoms with Crippen LogP contribution in [0.4, 0.5) is 5.13 Å². The lowest BCUT2D eigenvalue weighted by molar-refractivity contribution is -0.122. The van der Waals surface area contributed by atoms with Crippen molar-refractivity contribution in [3.05, 3.63) is 70.1 Å². The topological polar surface area (TPSA) is 87.5 Å². The summed E-state index contributed by atoms with van der Waals surface area (Å²) in [5.74, 6) is -0.902. The number of hydrogen-bond acceptors (Lipinski definition) is 6. The molecule has 4 atom stereocenters. The van der Waals surface area contributed by atoms with Crippen LogP contribution in [0.25, 0.3) is 11.1 Å². The second kappa shape index (κ2) is 7.46. The fourth-order valence-electron chi connectivity index (χ4n) is 5.00. The average Bonchev–Trinajstić information content (AvgIpc) is 3.32. The lowest BCUT2D eigenvalue weighted by Gasteiger charge is -2.35. The third kappa shape index (κ3) is 2.91. The van der Waals surface area contributed by atoms with Crippen molar-refractivity contribution in [3.63, 3.8) is 0 Å². The molecule has 5 rings (SSSR count). The fraction of sp³-hybridized carbons (Fsp3) is 0.318. The van der Waals surface area contributed by atoms with Gasteiger partial charge < -0.3 is 15.0 Å². The van der Waals surface area contributed by atoms with Crippen molar-refractivity contribution in [2.75, 3.05) is 19.0 Å². The van der Waals surface area contributed by atoms with E-state index in [0.29, 0.717) is 17.2 Å². The Morgan fingerprint density at radius 3 is 2.77 bits per heavy atom. The minimum absolute atomic E-state index is 0.0560. The summed E-state index contributed by atoms with van der Waals surface area (Å²) in [7, 11) is 1.97. The first kappa shape index (κ1) is 19.2. The van der Waals surface area contributed by atoms with Gasteiger partial charge >= 0.3 is 0 Å². The van der Waals surface area contributed by atoms with Gasteiger partial charge in [0.15, 0.2) is 5.13 Å². The predicted molar refractivity (Wildman–Crippen MR) is 115 cm³/mol. The minimum atomic E-state index is -0.468. The number of carbonyl (C=O) groups is 1. The molecule has 0 saturated carbocycles. The number of amides is 1. The van der Waals surface area contributed by atoms with Crippen LogP contribution in [0, 0.1) is 11.8 Å². The van der Waals surface area contributed by atoms with E-state index in [-0.39, 0.29) is 36.1 Å². The van der Waals surface area contributed by atoms with Gasteiger partial charge in [0, 0.05) is 47.9 Å². The van der Waals surface area contributed by atoms with Crippen LogP contribution in [0.2, 0.25) is 0 Å². The van der Waals surface area contributed by atoms with Crippen molar-refractivity contribution in [2.45, 2.75) is 18.6 Å². The molecule has 2 aliphatic rings. The van der Waals surface area contributed by atoms with Gasteiger partial charge in [-0.1, -0.05) is 30.3 Å². The van der Waals surface area contributed by atoms with Gasteiger partial charge in [-0.15, -0.1) is 11.3 Å². The van der Waals surface area contributed by atoms with Gasteiger partial charge in [-0.25, -0.2) is 4.98 Å². The molecular weight excluding hydrogens is 400 g/mol. The molecule has 8 heteroatoms. The van der Waals surface area contributed by atoms with Crippen LogP contribution in [0.1, 0.15) is 11.7 Å². The van der Waals surface area contributed by atoms with E-state index in [4.69, 9.17) is 0 Å². The largest absolute Gasteiger partial charge is 0.396 e. The molecule has 7 nitrogen and oxygen atoms in total. The van der Waals surface area contributed by atoms with Gasteiger partial charge in [0.05, 0.1) is 12.0 Å². The summed E-state index contributed by atoms with van der Waals surface area (Å²) in [5.41, 5.74) is 2.28. The first-order valence-electron chi connectivity index (χ1n) is 9.92. The van der Waals surface area contributed by atoms with Crippen LogP contribution >= 0.6 is 11.3 Å². The van der Waals surface area contributed by atoms with Crippen molar-refractivity contribution < 1.29 is 9.90 Å². The third-order valence-electron chi connectivity index (χ3n) is 6.40. The number of pyridine rings is 1. The van der Waals surface area contributed by atoms with Gasteiger partial charge in [-0.05, 0) is 24.7 Å². The molecule has 0 unspecified atom stereocenters. The van der Waals surface area contributed by atoms with Crippen molar-refractivity contribution in [1.29, 1.82) is 0 Å². The van der Waals surface area contributed by atoms with Crippen molar-refractivity contribution in [2.24, 2.45) is 11.8 Å². The van der Waals surface area contributed by atoms with Crippen molar-refractivity contribution in [3.8, 4) is 11.1 Å². The van der Waals surface area contributed by atoms with Gasteiger partial charge in [0.1, 0.15) is 0 Å². The number of thiazole rings is 1. The second-order valence-corrected chi connectivity index (χ2v) is 8.72. The molecule has 0 spiro atoms. The molecule has 2 aliphatic heterocycles. The zero-order valence-electron chi connectivity index (χ0n) is 16.4. The maximum atomic E-state index is 13.3. The first-order valence-corrected chi connectivity index (χ1v) is 10.8. The normalized spacial score (nSPS) is 25.1. The van der Waals surface area contributed by atoms with Crippen LogP contribution in [-0.4, -0.2) is 45.2 Å².